The molecule has 1 heterocycles. The van der Waals surface area contributed by atoms with Gasteiger partial charge in [-0.3, -0.25) is 9.69 Å². The van der Waals surface area contributed by atoms with Gasteiger partial charge in [-0.1, -0.05) is 29.8 Å². The Bertz CT molecular complexity index is 817. The summed E-state index contributed by atoms with van der Waals surface area (Å²) in [5, 5.41) is 3.77. The van der Waals surface area contributed by atoms with E-state index >= 15 is 0 Å². The van der Waals surface area contributed by atoms with Crippen molar-refractivity contribution in [3.05, 3.63) is 64.2 Å². The summed E-state index contributed by atoms with van der Waals surface area (Å²) in [5.74, 6) is 0.605. The van der Waals surface area contributed by atoms with Crippen LogP contribution in [0.2, 0.25) is 5.02 Å². The van der Waals surface area contributed by atoms with Gasteiger partial charge in [-0.15, -0.1) is 0 Å². The SMILES string of the molecule is Cc1ccc(OCC(=O)NC[C@@H](c2ccc(Cl)cc2)N2CCN(C)CC2)cc1C. The molecule has 0 spiro atoms. The number of nitrogens with one attached hydrogen (secondary N) is 1. The van der Waals surface area contributed by atoms with Gasteiger partial charge in [-0.25, -0.2) is 0 Å². The number of nitrogens with zero attached hydrogens (tertiary/aromatic N) is 2. The average molecular weight is 416 g/mol. The molecule has 2 aromatic rings. The fourth-order valence-electron chi connectivity index (χ4n) is 3.49. The Hall–Kier alpha value is -2.08. The molecule has 1 aliphatic heterocycles. The van der Waals surface area contributed by atoms with Gasteiger partial charge in [0.1, 0.15) is 5.75 Å². The lowest BCUT2D eigenvalue weighted by Crippen LogP contribution is -2.48. The average Bonchev–Trinajstić information content (AvgIpc) is 2.71. The van der Waals surface area contributed by atoms with Gasteiger partial charge in [-0.05, 0) is 61.9 Å². The minimum atomic E-state index is -0.115. The van der Waals surface area contributed by atoms with E-state index in [-0.39, 0.29) is 18.6 Å². The number of hydrogen-bond acceptors (Lipinski definition) is 4. The smallest absolute Gasteiger partial charge is 0.258 e. The maximum absolute atomic E-state index is 12.4. The van der Waals surface area contributed by atoms with Gasteiger partial charge < -0.3 is 15.0 Å². The second-order valence-corrected chi connectivity index (χ2v) is 8.18. The maximum Gasteiger partial charge on any atom is 0.258 e. The largest absolute Gasteiger partial charge is 0.484 e. The highest BCUT2D eigenvalue weighted by Crippen LogP contribution is 2.23. The van der Waals surface area contributed by atoms with Crippen LogP contribution in [0.1, 0.15) is 22.7 Å². The highest BCUT2D eigenvalue weighted by Gasteiger charge is 2.24. The van der Waals surface area contributed by atoms with Gasteiger partial charge in [0, 0.05) is 37.7 Å². The van der Waals surface area contributed by atoms with Crippen molar-refractivity contribution in [3.8, 4) is 5.75 Å². The first kappa shape index (κ1) is 21.6. The Balaban J connectivity index is 1.59. The number of carbonyl (C=O) groups excluding carboxylic acids is 1. The van der Waals surface area contributed by atoms with E-state index in [9.17, 15) is 4.79 Å². The zero-order valence-corrected chi connectivity index (χ0v) is 18.2. The first-order valence-corrected chi connectivity index (χ1v) is 10.4. The van der Waals surface area contributed by atoms with Crippen molar-refractivity contribution in [2.24, 2.45) is 0 Å². The van der Waals surface area contributed by atoms with Crippen molar-refractivity contribution in [3.63, 3.8) is 0 Å². The number of rotatable bonds is 7. The van der Waals surface area contributed by atoms with Crippen LogP contribution in [0.15, 0.2) is 42.5 Å². The number of amides is 1. The van der Waals surface area contributed by atoms with Gasteiger partial charge >= 0.3 is 0 Å². The third kappa shape index (κ3) is 6.20. The fraction of sp³-hybridized carbons (Fsp3) is 0.435. The topological polar surface area (TPSA) is 44.8 Å². The molecule has 1 fully saturated rings. The van der Waals surface area contributed by atoms with E-state index in [1.54, 1.807) is 0 Å². The van der Waals surface area contributed by atoms with Gasteiger partial charge in [0.15, 0.2) is 6.61 Å². The van der Waals surface area contributed by atoms with E-state index in [0.29, 0.717) is 6.54 Å². The van der Waals surface area contributed by atoms with Crippen LogP contribution in [-0.2, 0) is 4.79 Å². The van der Waals surface area contributed by atoms with Crippen molar-refractivity contribution in [2.75, 3.05) is 46.4 Å². The number of carbonyl (C=O) groups is 1. The Labute approximate surface area is 178 Å². The summed E-state index contributed by atoms with van der Waals surface area (Å²) in [6.07, 6.45) is 0. The third-order valence-corrected chi connectivity index (χ3v) is 5.83. The number of piperazine rings is 1. The predicted molar refractivity (Wildman–Crippen MR) is 118 cm³/mol. The van der Waals surface area contributed by atoms with Crippen LogP contribution in [-0.4, -0.2) is 62.1 Å². The molecule has 0 saturated carbocycles. The lowest BCUT2D eigenvalue weighted by atomic mass is 10.0. The maximum atomic E-state index is 12.4. The third-order valence-electron chi connectivity index (χ3n) is 5.57. The summed E-state index contributed by atoms with van der Waals surface area (Å²) >= 11 is 6.06. The highest BCUT2D eigenvalue weighted by atomic mass is 35.5. The molecule has 156 valence electrons. The highest BCUT2D eigenvalue weighted by molar-refractivity contribution is 6.30. The molecule has 0 unspecified atom stereocenters. The molecule has 1 amide bonds. The Kier molecular flexibility index (Phi) is 7.53. The lowest BCUT2D eigenvalue weighted by Gasteiger charge is -2.38. The van der Waals surface area contributed by atoms with Crippen molar-refractivity contribution < 1.29 is 9.53 Å². The first-order chi connectivity index (χ1) is 13.9. The van der Waals surface area contributed by atoms with Gasteiger partial charge in [0.25, 0.3) is 5.91 Å². The summed E-state index contributed by atoms with van der Waals surface area (Å²) in [6.45, 7) is 8.63. The predicted octanol–water partition coefficient (Wildman–Crippen LogP) is 3.44. The minimum Gasteiger partial charge on any atom is -0.484 e. The monoisotopic (exact) mass is 415 g/mol. The molecular weight excluding hydrogens is 386 g/mol. The van der Waals surface area contributed by atoms with Crippen LogP contribution in [0.5, 0.6) is 5.75 Å². The summed E-state index contributed by atoms with van der Waals surface area (Å²) in [4.78, 5) is 17.2. The molecule has 1 N–H and O–H groups in total. The van der Waals surface area contributed by atoms with Gasteiger partial charge in [0.05, 0.1) is 6.04 Å². The van der Waals surface area contributed by atoms with Crippen LogP contribution in [0.3, 0.4) is 0 Å². The first-order valence-electron chi connectivity index (χ1n) is 10.1. The molecule has 1 atom stereocenters. The van der Waals surface area contributed by atoms with E-state index in [1.165, 1.54) is 5.56 Å². The number of likely N-dealkylation sites (N-methyl/N-ethyl adjacent to an activating group) is 1. The van der Waals surface area contributed by atoms with Gasteiger partial charge in [-0.2, -0.15) is 0 Å². The van der Waals surface area contributed by atoms with Crippen molar-refractivity contribution in [2.45, 2.75) is 19.9 Å². The number of halogens is 1. The number of ether oxygens (including phenoxy) is 1. The van der Waals surface area contributed by atoms with Gasteiger partial charge in [0.2, 0.25) is 0 Å². The molecule has 0 aliphatic carbocycles. The molecule has 6 heteroatoms. The van der Waals surface area contributed by atoms with Crippen LogP contribution in [0.4, 0.5) is 0 Å². The normalized spacial score (nSPS) is 16.4. The van der Waals surface area contributed by atoms with E-state index < -0.39 is 0 Å². The molecule has 0 radical (unpaired) electrons. The standard InChI is InChI=1S/C23H30ClN3O2/c1-17-4-9-21(14-18(17)2)29-16-23(28)25-15-22(19-5-7-20(24)8-6-19)27-12-10-26(3)11-13-27/h4-9,14,22H,10-13,15-16H2,1-3H3,(H,25,28)/t22-/m0/s1. The van der Waals surface area contributed by atoms with Crippen molar-refractivity contribution in [1.82, 2.24) is 15.1 Å². The van der Waals surface area contributed by atoms with Crippen LogP contribution in [0.25, 0.3) is 0 Å². The van der Waals surface area contributed by atoms with E-state index in [1.807, 2.05) is 49.4 Å². The number of hydrogen-bond donors (Lipinski definition) is 1. The second kappa shape index (κ2) is 10.1. The Morgan fingerprint density at radius 3 is 2.41 bits per heavy atom. The molecule has 3 rings (SSSR count). The quantitative estimate of drug-likeness (QED) is 0.752. The summed E-state index contributed by atoms with van der Waals surface area (Å²) < 4.78 is 5.67. The van der Waals surface area contributed by atoms with Crippen LogP contribution < -0.4 is 10.1 Å². The lowest BCUT2D eigenvalue weighted by molar-refractivity contribution is -0.123. The molecule has 5 nitrogen and oxygen atoms in total. The number of aryl methyl sites for hydroxylation is 2. The fourth-order valence-corrected chi connectivity index (χ4v) is 3.62. The molecule has 1 saturated heterocycles. The summed E-state index contributed by atoms with van der Waals surface area (Å²) in [6, 6.07) is 13.9. The Morgan fingerprint density at radius 1 is 1.07 bits per heavy atom. The van der Waals surface area contributed by atoms with E-state index in [2.05, 4.69) is 29.1 Å². The van der Waals surface area contributed by atoms with Crippen molar-refractivity contribution >= 4 is 17.5 Å². The minimum absolute atomic E-state index is 0.0125. The molecule has 0 aromatic heterocycles. The second-order valence-electron chi connectivity index (χ2n) is 7.75. The Morgan fingerprint density at radius 2 is 1.76 bits per heavy atom. The molecule has 29 heavy (non-hydrogen) atoms. The molecule has 2 aromatic carbocycles. The van der Waals surface area contributed by atoms with E-state index in [4.69, 9.17) is 16.3 Å². The summed E-state index contributed by atoms with van der Waals surface area (Å²) in [7, 11) is 2.14. The van der Waals surface area contributed by atoms with Crippen LogP contribution in [0, 0.1) is 13.8 Å². The molecule has 1 aliphatic rings. The van der Waals surface area contributed by atoms with Crippen molar-refractivity contribution in [1.29, 1.82) is 0 Å². The number of benzene rings is 2. The van der Waals surface area contributed by atoms with E-state index in [0.717, 1.165) is 48.1 Å². The van der Waals surface area contributed by atoms with Crippen LogP contribution >= 0.6 is 11.6 Å². The molecular formula is C23H30ClN3O2. The zero-order chi connectivity index (χ0) is 20.8. The molecule has 0 bridgehead atoms. The summed E-state index contributed by atoms with van der Waals surface area (Å²) in [5.41, 5.74) is 3.52. The zero-order valence-electron chi connectivity index (χ0n) is 17.5.